The van der Waals surface area contributed by atoms with E-state index in [1.54, 1.807) is 11.3 Å². The minimum atomic E-state index is 0.657. The zero-order chi connectivity index (χ0) is 9.15. The number of hydrogen-bond donors (Lipinski definition) is 1. The molecule has 2 rings (SSSR count). The van der Waals surface area contributed by atoms with E-state index < -0.39 is 0 Å². The Hall–Kier alpha value is -0.410. The van der Waals surface area contributed by atoms with Gasteiger partial charge in [-0.2, -0.15) is 0 Å². The van der Waals surface area contributed by atoms with Gasteiger partial charge in [0.1, 0.15) is 0 Å². The molecule has 1 aromatic heterocycles. The third-order valence-corrected chi connectivity index (χ3v) is 3.77. The zero-order valence-corrected chi connectivity index (χ0v) is 8.86. The molecule has 2 nitrogen and oxygen atoms in total. The summed E-state index contributed by atoms with van der Waals surface area (Å²) in [4.78, 5) is 5.39. The van der Waals surface area contributed by atoms with Crippen LogP contribution < -0.4 is 5.32 Å². The van der Waals surface area contributed by atoms with Gasteiger partial charge in [-0.05, 0) is 24.7 Å². The summed E-state index contributed by atoms with van der Waals surface area (Å²) < 4.78 is 0. The molecule has 0 spiro atoms. The Kier molecular flexibility index (Phi) is 2.65. The third kappa shape index (κ3) is 2.29. The van der Waals surface area contributed by atoms with Crippen LogP contribution in [0.2, 0.25) is 0 Å². The second kappa shape index (κ2) is 3.76. The van der Waals surface area contributed by atoms with Crippen LogP contribution in [0.25, 0.3) is 0 Å². The molecule has 3 heteroatoms. The lowest BCUT2D eigenvalue weighted by Gasteiger charge is -2.12. The summed E-state index contributed by atoms with van der Waals surface area (Å²) in [6.45, 7) is 4.47. The number of hydrogen-bond acceptors (Lipinski definition) is 3. The van der Waals surface area contributed by atoms with Crippen molar-refractivity contribution in [3.8, 4) is 0 Å². The highest BCUT2D eigenvalue weighted by Gasteiger charge is 2.39. The van der Waals surface area contributed by atoms with E-state index in [1.807, 2.05) is 11.7 Å². The molecule has 1 aromatic rings. The summed E-state index contributed by atoms with van der Waals surface area (Å²) in [6, 6.07) is 0. The third-order valence-electron chi connectivity index (χ3n) is 2.99. The number of nitrogens with one attached hydrogen (secondary N) is 1. The highest BCUT2D eigenvalue weighted by molar-refractivity contribution is 7.09. The number of thiazole rings is 1. The monoisotopic (exact) mass is 196 g/mol. The van der Waals surface area contributed by atoms with Crippen molar-refractivity contribution in [3.05, 3.63) is 16.6 Å². The first-order chi connectivity index (χ1) is 6.35. The van der Waals surface area contributed by atoms with Crippen molar-refractivity contribution in [1.29, 1.82) is 0 Å². The van der Waals surface area contributed by atoms with Crippen molar-refractivity contribution in [2.45, 2.75) is 32.7 Å². The SMILES string of the molecule is CCC1(CNCc2cncs2)CC1. The molecule has 0 aromatic carbocycles. The molecule has 0 amide bonds. The summed E-state index contributed by atoms with van der Waals surface area (Å²) in [6.07, 6.45) is 6.10. The van der Waals surface area contributed by atoms with Gasteiger partial charge in [0.05, 0.1) is 5.51 Å². The van der Waals surface area contributed by atoms with E-state index in [0.29, 0.717) is 5.41 Å². The van der Waals surface area contributed by atoms with Gasteiger partial charge in [0, 0.05) is 24.2 Å². The average molecular weight is 196 g/mol. The van der Waals surface area contributed by atoms with Crippen molar-refractivity contribution in [2.24, 2.45) is 5.41 Å². The molecule has 72 valence electrons. The fourth-order valence-electron chi connectivity index (χ4n) is 1.61. The fraction of sp³-hybridized carbons (Fsp3) is 0.700. The number of nitrogens with zero attached hydrogens (tertiary/aromatic N) is 1. The second-order valence-corrected chi connectivity index (χ2v) is 4.90. The normalized spacial score (nSPS) is 18.8. The van der Waals surface area contributed by atoms with Crippen molar-refractivity contribution >= 4 is 11.3 Å². The Morgan fingerprint density at radius 1 is 1.62 bits per heavy atom. The van der Waals surface area contributed by atoms with Gasteiger partial charge in [-0.1, -0.05) is 6.92 Å². The predicted molar refractivity (Wildman–Crippen MR) is 55.8 cm³/mol. The van der Waals surface area contributed by atoms with Crippen LogP contribution in [-0.4, -0.2) is 11.5 Å². The molecule has 0 atom stereocenters. The van der Waals surface area contributed by atoms with Gasteiger partial charge in [0.25, 0.3) is 0 Å². The van der Waals surface area contributed by atoms with Crippen LogP contribution in [0.5, 0.6) is 0 Å². The summed E-state index contributed by atoms with van der Waals surface area (Å²) in [5.74, 6) is 0. The Morgan fingerprint density at radius 2 is 2.46 bits per heavy atom. The smallest absolute Gasteiger partial charge is 0.0794 e. The van der Waals surface area contributed by atoms with Crippen LogP contribution in [0.15, 0.2) is 11.7 Å². The highest BCUT2D eigenvalue weighted by atomic mass is 32.1. The fourth-order valence-corrected chi connectivity index (χ4v) is 2.18. The number of aromatic nitrogens is 1. The highest BCUT2D eigenvalue weighted by Crippen LogP contribution is 2.47. The summed E-state index contributed by atoms with van der Waals surface area (Å²) in [5, 5.41) is 3.51. The van der Waals surface area contributed by atoms with Gasteiger partial charge in [-0.25, -0.2) is 0 Å². The average Bonchev–Trinajstić information content (AvgIpc) is 2.74. The van der Waals surface area contributed by atoms with Gasteiger partial charge in [0.2, 0.25) is 0 Å². The molecule has 1 N–H and O–H groups in total. The molecule has 1 aliphatic carbocycles. The lowest BCUT2D eigenvalue weighted by atomic mass is 10.0. The quantitative estimate of drug-likeness (QED) is 0.782. The lowest BCUT2D eigenvalue weighted by molar-refractivity contribution is 0.444. The largest absolute Gasteiger partial charge is 0.311 e. The molecule has 0 aliphatic heterocycles. The van der Waals surface area contributed by atoms with Gasteiger partial charge in [0.15, 0.2) is 0 Å². The molecular weight excluding hydrogens is 180 g/mol. The lowest BCUT2D eigenvalue weighted by Crippen LogP contribution is -2.22. The molecule has 1 aliphatic rings. The van der Waals surface area contributed by atoms with Crippen molar-refractivity contribution in [3.63, 3.8) is 0 Å². The van der Waals surface area contributed by atoms with E-state index in [0.717, 1.165) is 6.54 Å². The first-order valence-corrected chi connectivity index (χ1v) is 5.81. The molecular formula is C10H16N2S. The molecule has 1 heterocycles. The summed E-state index contributed by atoms with van der Waals surface area (Å²) in [7, 11) is 0. The van der Waals surface area contributed by atoms with Crippen molar-refractivity contribution < 1.29 is 0 Å². The standard InChI is InChI=1S/C10H16N2S/c1-2-10(3-4-10)7-11-5-9-6-12-8-13-9/h6,8,11H,2-5,7H2,1H3. The minimum absolute atomic E-state index is 0.657. The Bertz CT molecular complexity index is 252. The van der Waals surface area contributed by atoms with Crippen LogP contribution >= 0.6 is 11.3 Å². The van der Waals surface area contributed by atoms with Crippen molar-refractivity contribution in [1.82, 2.24) is 10.3 Å². The molecule has 1 saturated carbocycles. The Balaban J connectivity index is 1.70. The summed E-state index contributed by atoms with van der Waals surface area (Å²) in [5.41, 5.74) is 2.55. The maximum Gasteiger partial charge on any atom is 0.0794 e. The Morgan fingerprint density at radius 3 is 3.00 bits per heavy atom. The first-order valence-electron chi connectivity index (χ1n) is 4.93. The molecule has 13 heavy (non-hydrogen) atoms. The molecule has 0 radical (unpaired) electrons. The van der Waals surface area contributed by atoms with Crippen LogP contribution in [0.1, 0.15) is 31.1 Å². The topological polar surface area (TPSA) is 24.9 Å². The van der Waals surface area contributed by atoms with E-state index in [9.17, 15) is 0 Å². The first kappa shape index (κ1) is 9.16. The van der Waals surface area contributed by atoms with Crippen molar-refractivity contribution in [2.75, 3.05) is 6.54 Å². The predicted octanol–water partition coefficient (Wildman–Crippen LogP) is 2.42. The molecule has 0 bridgehead atoms. The minimum Gasteiger partial charge on any atom is -0.311 e. The van der Waals surface area contributed by atoms with E-state index in [1.165, 1.54) is 30.7 Å². The maximum absolute atomic E-state index is 4.05. The van der Waals surface area contributed by atoms with E-state index in [-0.39, 0.29) is 0 Å². The van der Waals surface area contributed by atoms with Gasteiger partial charge in [-0.3, -0.25) is 4.98 Å². The van der Waals surface area contributed by atoms with Crippen LogP contribution in [0.3, 0.4) is 0 Å². The van der Waals surface area contributed by atoms with Crippen LogP contribution in [-0.2, 0) is 6.54 Å². The van der Waals surface area contributed by atoms with E-state index in [2.05, 4.69) is 17.2 Å². The van der Waals surface area contributed by atoms with E-state index >= 15 is 0 Å². The molecule has 0 unspecified atom stereocenters. The van der Waals surface area contributed by atoms with Gasteiger partial charge in [-0.15, -0.1) is 11.3 Å². The molecule has 1 fully saturated rings. The molecule has 0 saturated heterocycles. The Labute approximate surface area is 83.4 Å². The number of rotatable bonds is 5. The maximum atomic E-state index is 4.05. The summed E-state index contributed by atoms with van der Waals surface area (Å²) >= 11 is 1.73. The van der Waals surface area contributed by atoms with Gasteiger partial charge < -0.3 is 5.32 Å². The van der Waals surface area contributed by atoms with Gasteiger partial charge >= 0.3 is 0 Å². The van der Waals surface area contributed by atoms with E-state index in [4.69, 9.17) is 0 Å². The van der Waals surface area contributed by atoms with Crippen LogP contribution in [0, 0.1) is 5.41 Å². The van der Waals surface area contributed by atoms with Crippen LogP contribution in [0.4, 0.5) is 0 Å². The zero-order valence-electron chi connectivity index (χ0n) is 8.05. The second-order valence-electron chi connectivity index (χ2n) is 3.92.